The minimum absolute atomic E-state index is 0.400. The number of benzene rings is 1. The Morgan fingerprint density at radius 2 is 2.00 bits per heavy atom. The number of ether oxygens (including phenoxy) is 2. The van der Waals surface area contributed by atoms with Crippen LogP contribution >= 0.6 is 11.6 Å². The lowest BCUT2D eigenvalue weighted by Crippen LogP contribution is -1.93. The van der Waals surface area contributed by atoms with Crippen molar-refractivity contribution in [1.29, 1.82) is 0 Å². The number of aromatic nitrogens is 1. The molecular formula is C14H14ClNO2. The highest BCUT2D eigenvalue weighted by Gasteiger charge is 2.07. The largest absolute Gasteiger partial charge is 0.493 e. The summed E-state index contributed by atoms with van der Waals surface area (Å²) in [5.41, 5.74) is 1.19. The zero-order valence-corrected chi connectivity index (χ0v) is 11.1. The van der Waals surface area contributed by atoms with Gasteiger partial charge in [-0.05, 0) is 30.2 Å². The Hall–Kier alpha value is -1.74. The molecule has 0 amide bonds. The third-order valence-corrected chi connectivity index (χ3v) is 2.75. The predicted molar refractivity (Wildman–Crippen MR) is 71.7 cm³/mol. The van der Waals surface area contributed by atoms with Gasteiger partial charge in [0.1, 0.15) is 5.15 Å². The van der Waals surface area contributed by atoms with E-state index in [1.54, 1.807) is 25.3 Å². The minimum atomic E-state index is 0.400. The van der Waals surface area contributed by atoms with Crippen molar-refractivity contribution in [1.82, 2.24) is 4.98 Å². The van der Waals surface area contributed by atoms with Crippen molar-refractivity contribution in [3.05, 3.63) is 47.1 Å². The molecule has 0 bridgehead atoms. The van der Waals surface area contributed by atoms with Crippen molar-refractivity contribution < 1.29 is 9.47 Å². The molecule has 0 radical (unpaired) electrons. The van der Waals surface area contributed by atoms with Gasteiger partial charge in [-0.3, -0.25) is 0 Å². The predicted octanol–water partition coefficient (Wildman–Crippen LogP) is 4.10. The van der Waals surface area contributed by atoms with Crippen molar-refractivity contribution in [3.8, 4) is 17.4 Å². The Kier molecular flexibility index (Phi) is 4.05. The molecule has 0 unspecified atom stereocenters. The average Bonchev–Trinajstić information content (AvgIpc) is 2.39. The second kappa shape index (κ2) is 5.74. The molecule has 0 aliphatic carbocycles. The smallest absolute Gasteiger partial charge is 0.220 e. The van der Waals surface area contributed by atoms with E-state index in [1.807, 2.05) is 18.2 Å². The molecule has 94 valence electrons. The van der Waals surface area contributed by atoms with E-state index in [4.69, 9.17) is 21.1 Å². The molecule has 2 rings (SSSR count). The normalized spacial score (nSPS) is 10.2. The number of pyridine rings is 1. The number of rotatable bonds is 4. The van der Waals surface area contributed by atoms with Crippen molar-refractivity contribution in [2.45, 2.75) is 13.3 Å². The minimum Gasteiger partial charge on any atom is -0.493 e. The van der Waals surface area contributed by atoms with Crippen molar-refractivity contribution in [3.63, 3.8) is 0 Å². The average molecular weight is 264 g/mol. The zero-order valence-electron chi connectivity index (χ0n) is 10.3. The van der Waals surface area contributed by atoms with Crippen LogP contribution in [0.4, 0.5) is 0 Å². The molecule has 0 N–H and O–H groups in total. The van der Waals surface area contributed by atoms with E-state index in [9.17, 15) is 0 Å². The molecule has 0 atom stereocenters. The molecule has 4 heteroatoms. The number of hydrogen-bond acceptors (Lipinski definition) is 3. The Labute approximate surface area is 111 Å². The van der Waals surface area contributed by atoms with Crippen LogP contribution in [-0.4, -0.2) is 12.1 Å². The third kappa shape index (κ3) is 2.93. The van der Waals surface area contributed by atoms with Crippen LogP contribution in [0.2, 0.25) is 5.15 Å². The molecule has 0 saturated carbocycles. The van der Waals surface area contributed by atoms with Gasteiger partial charge in [-0.25, -0.2) is 4.98 Å². The maximum absolute atomic E-state index is 5.81. The van der Waals surface area contributed by atoms with E-state index in [0.29, 0.717) is 22.5 Å². The maximum Gasteiger partial charge on any atom is 0.220 e. The van der Waals surface area contributed by atoms with E-state index >= 15 is 0 Å². The van der Waals surface area contributed by atoms with Crippen LogP contribution in [0, 0.1) is 0 Å². The molecule has 0 fully saturated rings. The van der Waals surface area contributed by atoms with E-state index in [-0.39, 0.29) is 0 Å². The molecule has 1 aromatic carbocycles. The lowest BCUT2D eigenvalue weighted by atomic mass is 10.1. The lowest BCUT2D eigenvalue weighted by molar-refractivity contribution is 0.373. The molecule has 18 heavy (non-hydrogen) atoms. The Bertz CT molecular complexity index is 543. The van der Waals surface area contributed by atoms with E-state index < -0.39 is 0 Å². The van der Waals surface area contributed by atoms with Gasteiger partial charge in [0.2, 0.25) is 5.88 Å². The van der Waals surface area contributed by atoms with Crippen LogP contribution in [0.25, 0.3) is 0 Å². The fourth-order valence-electron chi connectivity index (χ4n) is 1.58. The van der Waals surface area contributed by atoms with Crippen LogP contribution in [0.15, 0.2) is 36.4 Å². The van der Waals surface area contributed by atoms with Gasteiger partial charge in [0, 0.05) is 6.07 Å². The standard InChI is InChI=1S/C14H14ClNO2/c1-3-10-7-8-11(12(9-10)17-2)18-14-6-4-5-13(15)16-14/h4-9H,3H2,1-2H3. The number of halogens is 1. The second-order valence-electron chi connectivity index (χ2n) is 3.74. The van der Waals surface area contributed by atoms with Crippen LogP contribution in [0.1, 0.15) is 12.5 Å². The third-order valence-electron chi connectivity index (χ3n) is 2.54. The molecule has 0 spiro atoms. The number of nitrogens with zero attached hydrogens (tertiary/aromatic N) is 1. The SMILES string of the molecule is CCc1ccc(Oc2cccc(Cl)n2)c(OC)c1. The summed E-state index contributed by atoms with van der Waals surface area (Å²) in [6.07, 6.45) is 0.950. The maximum atomic E-state index is 5.81. The van der Waals surface area contributed by atoms with Crippen molar-refractivity contribution >= 4 is 11.6 Å². The first-order chi connectivity index (χ1) is 8.72. The van der Waals surface area contributed by atoms with E-state index in [2.05, 4.69) is 11.9 Å². The van der Waals surface area contributed by atoms with Gasteiger partial charge < -0.3 is 9.47 Å². The summed E-state index contributed by atoms with van der Waals surface area (Å²) in [6, 6.07) is 11.1. The van der Waals surface area contributed by atoms with E-state index in [1.165, 1.54) is 5.56 Å². The Morgan fingerprint density at radius 1 is 1.17 bits per heavy atom. The topological polar surface area (TPSA) is 31.4 Å². The first kappa shape index (κ1) is 12.7. The molecule has 1 heterocycles. The molecule has 2 aromatic rings. The molecule has 0 aliphatic rings. The monoisotopic (exact) mass is 263 g/mol. The van der Waals surface area contributed by atoms with E-state index in [0.717, 1.165) is 6.42 Å². The summed E-state index contributed by atoms with van der Waals surface area (Å²) in [5, 5.41) is 0.400. The summed E-state index contributed by atoms with van der Waals surface area (Å²) in [4.78, 5) is 4.07. The number of methoxy groups -OCH3 is 1. The molecular weight excluding hydrogens is 250 g/mol. The van der Waals surface area contributed by atoms with Crippen LogP contribution in [-0.2, 0) is 6.42 Å². The molecule has 3 nitrogen and oxygen atoms in total. The lowest BCUT2D eigenvalue weighted by Gasteiger charge is -2.10. The Morgan fingerprint density at radius 3 is 2.67 bits per heavy atom. The number of aryl methyl sites for hydroxylation is 1. The van der Waals surface area contributed by atoms with Gasteiger partial charge in [-0.2, -0.15) is 0 Å². The van der Waals surface area contributed by atoms with Crippen LogP contribution in [0.3, 0.4) is 0 Å². The molecule has 1 aromatic heterocycles. The summed E-state index contributed by atoms with van der Waals surface area (Å²) in [6.45, 7) is 2.09. The molecule has 0 aliphatic heterocycles. The molecule has 0 saturated heterocycles. The van der Waals surface area contributed by atoms with Gasteiger partial charge >= 0.3 is 0 Å². The summed E-state index contributed by atoms with van der Waals surface area (Å²) >= 11 is 5.81. The fraction of sp³-hybridized carbons (Fsp3) is 0.214. The summed E-state index contributed by atoms with van der Waals surface area (Å²) in [7, 11) is 1.62. The highest BCUT2D eigenvalue weighted by molar-refractivity contribution is 6.29. The van der Waals surface area contributed by atoms with Crippen LogP contribution in [0.5, 0.6) is 17.4 Å². The summed E-state index contributed by atoms with van der Waals surface area (Å²) < 4.78 is 11.0. The highest BCUT2D eigenvalue weighted by atomic mass is 35.5. The first-order valence-corrected chi connectivity index (χ1v) is 6.08. The van der Waals surface area contributed by atoms with Gasteiger partial charge in [-0.15, -0.1) is 0 Å². The Balaban J connectivity index is 2.28. The first-order valence-electron chi connectivity index (χ1n) is 5.70. The van der Waals surface area contributed by atoms with Crippen molar-refractivity contribution in [2.24, 2.45) is 0 Å². The quantitative estimate of drug-likeness (QED) is 0.779. The van der Waals surface area contributed by atoms with Crippen LogP contribution < -0.4 is 9.47 Å². The number of hydrogen-bond donors (Lipinski definition) is 0. The van der Waals surface area contributed by atoms with Gasteiger partial charge in [-0.1, -0.05) is 30.7 Å². The van der Waals surface area contributed by atoms with Crippen molar-refractivity contribution in [2.75, 3.05) is 7.11 Å². The highest BCUT2D eigenvalue weighted by Crippen LogP contribution is 2.32. The van der Waals surface area contributed by atoms with Gasteiger partial charge in [0.05, 0.1) is 7.11 Å². The van der Waals surface area contributed by atoms with Gasteiger partial charge in [0.25, 0.3) is 0 Å². The summed E-state index contributed by atoms with van der Waals surface area (Å²) in [5.74, 6) is 1.77. The zero-order chi connectivity index (χ0) is 13.0. The van der Waals surface area contributed by atoms with Gasteiger partial charge in [0.15, 0.2) is 11.5 Å². The second-order valence-corrected chi connectivity index (χ2v) is 4.13. The fourth-order valence-corrected chi connectivity index (χ4v) is 1.73.